The van der Waals surface area contributed by atoms with Gasteiger partial charge in [-0.15, -0.1) is 5.48 Å². The summed E-state index contributed by atoms with van der Waals surface area (Å²) in [6, 6.07) is 3.28. The van der Waals surface area contributed by atoms with E-state index in [0.29, 0.717) is 0 Å². The molecule has 2 aromatic carbocycles. The summed E-state index contributed by atoms with van der Waals surface area (Å²) in [6.45, 7) is 0.404. The Morgan fingerprint density at radius 2 is 1.82 bits per heavy atom. The molecule has 3 aliphatic rings. The largest absolute Gasteiger partial charge is 0.507 e. The van der Waals surface area contributed by atoms with E-state index in [1.54, 1.807) is 0 Å². The molecule has 0 saturated carbocycles. The van der Waals surface area contributed by atoms with Gasteiger partial charge < -0.3 is 44.6 Å². The van der Waals surface area contributed by atoms with Crippen molar-refractivity contribution < 1.29 is 63.8 Å². The fraction of sp³-hybridized carbons (Fsp3) is 0.448. The number of benzene rings is 2. The van der Waals surface area contributed by atoms with Gasteiger partial charge in [0.2, 0.25) is 10.6 Å². The van der Waals surface area contributed by atoms with Crippen molar-refractivity contribution in [3.63, 3.8) is 0 Å². The zero-order valence-electron chi connectivity index (χ0n) is 23.8. The Bertz CT molecular complexity index is 1580. The summed E-state index contributed by atoms with van der Waals surface area (Å²) in [4.78, 5) is 55.2. The van der Waals surface area contributed by atoms with Gasteiger partial charge in [-0.1, -0.05) is 35.3 Å². The van der Waals surface area contributed by atoms with Gasteiger partial charge in [-0.25, -0.2) is 4.79 Å². The average Bonchev–Trinajstić information content (AvgIpc) is 3.01. The number of aromatic hydroxyl groups is 2. The van der Waals surface area contributed by atoms with E-state index in [4.69, 9.17) is 42.3 Å². The summed E-state index contributed by atoms with van der Waals surface area (Å²) in [5.41, 5.74) is -1.74. The van der Waals surface area contributed by atoms with Gasteiger partial charge in [0.25, 0.3) is 0 Å². The molecule has 16 heteroatoms. The number of phenolic OH excluding ortho intramolecular Hbond substituents is 2. The number of alkyl halides is 2. The summed E-state index contributed by atoms with van der Waals surface area (Å²) in [5.74, 6) is -5.16. The third-order valence-electron chi connectivity index (χ3n) is 8.25. The van der Waals surface area contributed by atoms with E-state index >= 15 is 0 Å². The van der Waals surface area contributed by atoms with Crippen LogP contribution in [-0.4, -0.2) is 97.5 Å². The second-order valence-corrected chi connectivity index (χ2v) is 12.0. The molecule has 6 N–H and O–H groups in total. The average molecular weight is 670 g/mol. The van der Waals surface area contributed by atoms with Crippen LogP contribution in [0.15, 0.2) is 18.2 Å². The van der Waals surface area contributed by atoms with Crippen LogP contribution >= 0.6 is 23.2 Å². The molecule has 2 aromatic rings. The number of methoxy groups -OCH3 is 1. The summed E-state index contributed by atoms with van der Waals surface area (Å²) >= 11 is 11.0. The number of hydrogen-bond acceptors (Lipinski definition) is 14. The summed E-state index contributed by atoms with van der Waals surface area (Å²) in [6.07, 6.45) is -6.31. The lowest BCUT2D eigenvalue weighted by Crippen LogP contribution is -2.55. The van der Waals surface area contributed by atoms with Gasteiger partial charge in [0, 0.05) is 36.0 Å². The minimum atomic E-state index is -2.34. The molecule has 1 aliphatic heterocycles. The van der Waals surface area contributed by atoms with Crippen molar-refractivity contribution in [2.45, 2.75) is 67.3 Å². The van der Waals surface area contributed by atoms with Crippen LogP contribution in [0, 0.1) is 0 Å². The maximum Gasteiger partial charge on any atom is 0.358 e. The molecule has 0 bridgehead atoms. The molecule has 242 valence electrons. The maximum atomic E-state index is 13.8. The molecule has 14 nitrogen and oxygen atoms in total. The molecule has 1 heterocycles. The Morgan fingerprint density at radius 1 is 1.13 bits per heavy atom. The number of rotatable bonds is 8. The summed E-state index contributed by atoms with van der Waals surface area (Å²) < 4.78 is 17.1. The number of ketones is 3. The minimum absolute atomic E-state index is 0.0564. The Morgan fingerprint density at radius 3 is 2.47 bits per heavy atom. The van der Waals surface area contributed by atoms with Crippen LogP contribution in [-0.2, 0) is 30.3 Å². The van der Waals surface area contributed by atoms with E-state index in [1.165, 1.54) is 32.2 Å². The lowest BCUT2D eigenvalue weighted by atomic mass is 9.72. The van der Waals surface area contributed by atoms with E-state index in [1.807, 2.05) is 0 Å². The highest BCUT2D eigenvalue weighted by Gasteiger charge is 2.50. The SMILES string of the molecule is COc1cccc2c1C(=O)c1c(O)c3c(c(O)c1C2=O)C[C@@](O)(C(=O)CO)C[C@@H]3OC1CC(NOC(=O)C(Cl)Cl)C(O)C(C)O1. The standard InChI is InChI=1S/C29H29Cl2NO13/c1-10-22(35)13(32-45-28(40)27(30)31)6-17(43-10)44-15-8-29(41,16(34)9-33)7-12-19(15)26(39)21-20(24(12)37)23(36)11-4-3-5-14(42-2)18(11)25(21)38/h3-5,10,13,15,17,22,27,32-33,35,37,39,41H,6-9H2,1-2H3/t10?,13?,15-,17?,22?,29-/m0/s1. The van der Waals surface area contributed by atoms with Gasteiger partial charge in [0.1, 0.15) is 29.5 Å². The number of fused-ring (bicyclic) bond motifs is 3. The number of aliphatic hydroxyl groups is 3. The van der Waals surface area contributed by atoms with Crippen molar-refractivity contribution >= 4 is 46.5 Å². The zero-order valence-corrected chi connectivity index (χ0v) is 25.3. The van der Waals surface area contributed by atoms with Crippen LogP contribution in [0.25, 0.3) is 0 Å². The van der Waals surface area contributed by atoms with E-state index in [-0.39, 0.29) is 34.4 Å². The third-order valence-corrected chi connectivity index (χ3v) is 8.61. The third kappa shape index (κ3) is 5.66. The molecular weight excluding hydrogens is 641 g/mol. The zero-order chi connectivity index (χ0) is 33.0. The number of aliphatic hydroxyl groups excluding tert-OH is 2. The van der Waals surface area contributed by atoms with Gasteiger partial charge in [-0.05, 0) is 13.0 Å². The first-order valence-electron chi connectivity index (χ1n) is 13.7. The Hall–Kier alpha value is -3.34. The lowest BCUT2D eigenvalue weighted by Gasteiger charge is -2.42. The van der Waals surface area contributed by atoms with Crippen molar-refractivity contribution in [3.8, 4) is 17.2 Å². The van der Waals surface area contributed by atoms with Crippen LogP contribution in [0.4, 0.5) is 0 Å². The summed E-state index contributed by atoms with van der Waals surface area (Å²) in [7, 11) is 1.30. The first-order valence-corrected chi connectivity index (χ1v) is 14.6. The maximum absolute atomic E-state index is 13.8. The number of hydroxylamine groups is 1. The van der Waals surface area contributed by atoms with Crippen molar-refractivity contribution in [2.75, 3.05) is 13.7 Å². The molecule has 45 heavy (non-hydrogen) atoms. The number of hydrogen-bond donors (Lipinski definition) is 6. The number of carbonyl (C=O) groups excluding carboxylic acids is 4. The van der Waals surface area contributed by atoms with Crippen molar-refractivity contribution in [3.05, 3.63) is 51.6 Å². The smallest absolute Gasteiger partial charge is 0.358 e. The van der Waals surface area contributed by atoms with E-state index in [9.17, 15) is 44.7 Å². The molecule has 4 unspecified atom stereocenters. The number of nitrogens with one attached hydrogen (secondary N) is 1. The minimum Gasteiger partial charge on any atom is -0.507 e. The first kappa shape index (κ1) is 33.0. The topological polar surface area (TPSA) is 218 Å². The van der Waals surface area contributed by atoms with Gasteiger partial charge in [0.15, 0.2) is 17.9 Å². The lowest BCUT2D eigenvalue weighted by molar-refractivity contribution is -0.256. The van der Waals surface area contributed by atoms with E-state index in [0.717, 1.165) is 0 Å². The van der Waals surface area contributed by atoms with Crippen LogP contribution in [0.3, 0.4) is 0 Å². The predicted molar refractivity (Wildman–Crippen MR) is 152 cm³/mol. The second-order valence-electron chi connectivity index (χ2n) is 10.9. The van der Waals surface area contributed by atoms with Gasteiger partial charge in [-0.2, -0.15) is 0 Å². The van der Waals surface area contributed by atoms with Gasteiger partial charge >= 0.3 is 5.97 Å². The molecule has 0 radical (unpaired) electrons. The predicted octanol–water partition coefficient (Wildman–Crippen LogP) is 0.894. The van der Waals surface area contributed by atoms with E-state index in [2.05, 4.69) is 5.48 Å². The molecular formula is C29H29Cl2NO13. The van der Waals surface area contributed by atoms with E-state index < -0.39 is 106 Å². The molecule has 6 atom stereocenters. The van der Waals surface area contributed by atoms with Crippen LogP contribution < -0.4 is 10.2 Å². The fourth-order valence-corrected chi connectivity index (χ4v) is 6.10. The number of Topliss-reactive ketones (excluding diaryl/α,β-unsaturated/α-hetero) is 1. The molecule has 0 aromatic heterocycles. The molecule has 1 saturated heterocycles. The molecule has 0 amide bonds. The Labute approximate surface area is 265 Å². The number of ether oxygens (including phenoxy) is 3. The van der Waals surface area contributed by atoms with Crippen molar-refractivity contribution in [2.24, 2.45) is 0 Å². The fourth-order valence-electron chi connectivity index (χ4n) is 6.01. The first-order chi connectivity index (χ1) is 21.2. The molecule has 2 aliphatic carbocycles. The molecule has 5 rings (SSSR count). The summed E-state index contributed by atoms with van der Waals surface area (Å²) in [5, 5.41) is 54.6. The number of halogens is 2. The van der Waals surface area contributed by atoms with Crippen molar-refractivity contribution in [1.29, 1.82) is 0 Å². The van der Waals surface area contributed by atoms with Crippen LogP contribution in [0.2, 0.25) is 0 Å². The highest BCUT2D eigenvalue weighted by molar-refractivity contribution is 6.52. The molecule has 1 fully saturated rings. The monoisotopic (exact) mass is 669 g/mol. The van der Waals surface area contributed by atoms with Crippen molar-refractivity contribution in [1.82, 2.24) is 5.48 Å². The number of phenols is 2. The van der Waals surface area contributed by atoms with Gasteiger partial charge in [0.05, 0.1) is 48.2 Å². The number of carbonyl (C=O) groups is 4. The Kier molecular flexibility index (Phi) is 9.14. The molecule has 0 spiro atoms. The Balaban J connectivity index is 1.58. The normalized spacial score (nSPS) is 27.4. The second kappa shape index (κ2) is 12.5. The quantitative estimate of drug-likeness (QED) is 0.112. The van der Waals surface area contributed by atoms with Crippen LogP contribution in [0.5, 0.6) is 17.2 Å². The highest BCUT2D eigenvalue weighted by Crippen LogP contribution is 2.52. The highest BCUT2D eigenvalue weighted by atomic mass is 35.5. The van der Waals surface area contributed by atoms with Gasteiger partial charge in [-0.3, -0.25) is 14.4 Å². The van der Waals surface area contributed by atoms with Crippen LogP contribution in [0.1, 0.15) is 68.8 Å².